The predicted octanol–water partition coefficient (Wildman–Crippen LogP) is 5.60. The lowest BCUT2D eigenvalue weighted by atomic mass is 10.1. The molecule has 0 unspecified atom stereocenters. The Morgan fingerprint density at radius 2 is 1.64 bits per heavy atom. The van der Waals surface area contributed by atoms with Crippen LogP contribution in [-0.2, 0) is 5.75 Å². The van der Waals surface area contributed by atoms with Crippen molar-refractivity contribution in [1.29, 1.82) is 0 Å². The van der Waals surface area contributed by atoms with E-state index in [1.54, 1.807) is 11.8 Å². The minimum Gasteiger partial charge on any atom is -0.367 e. The molecule has 36 heavy (non-hydrogen) atoms. The summed E-state index contributed by atoms with van der Waals surface area (Å²) in [4.78, 5) is 29.2. The standard InChI is InChI=1S/C28H32ClN5OS/c1-20-21(2)30-28(36-19-22-8-7-9-23(18-22)27(35)34-12-5-6-13-34)31-26(20)33-16-14-32(15-17-33)25-11-4-3-10-24(25)29/h3-4,7-11,18H,5-6,12-17,19H2,1-2H3. The predicted molar refractivity (Wildman–Crippen MR) is 149 cm³/mol. The molecule has 5 rings (SSSR count). The molecule has 0 spiro atoms. The molecular formula is C28H32ClN5OS. The van der Waals surface area contributed by atoms with Crippen LogP contribution in [-0.4, -0.2) is 60.0 Å². The number of carbonyl (C=O) groups excluding carboxylic acids is 1. The summed E-state index contributed by atoms with van der Waals surface area (Å²) in [5, 5.41) is 1.57. The van der Waals surface area contributed by atoms with Gasteiger partial charge in [0.1, 0.15) is 5.82 Å². The molecule has 0 bridgehead atoms. The van der Waals surface area contributed by atoms with Crippen LogP contribution in [0.25, 0.3) is 0 Å². The number of halogens is 1. The van der Waals surface area contributed by atoms with Gasteiger partial charge in [-0.05, 0) is 56.5 Å². The molecular weight excluding hydrogens is 490 g/mol. The van der Waals surface area contributed by atoms with Crippen molar-refractivity contribution in [2.75, 3.05) is 49.1 Å². The van der Waals surface area contributed by atoms with Gasteiger partial charge in [-0.1, -0.05) is 47.6 Å². The fourth-order valence-electron chi connectivity index (χ4n) is 4.87. The Bertz CT molecular complexity index is 1240. The molecule has 0 saturated carbocycles. The van der Waals surface area contributed by atoms with Crippen molar-refractivity contribution in [3.05, 3.63) is 75.9 Å². The number of hydrogen-bond donors (Lipinski definition) is 0. The molecule has 3 heterocycles. The van der Waals surface area contributed by atoms with E-state index in [9.17, 15) is 4.79 Å². The summed E-state index contributed by atoms with van der Waals surface area (Å²) in [6.45, 7) is 9.44. The van der Waals surface area contributed by atoms with Crippen molar-refractivity contribution >= 4 is 40.8 Å². The molecule has 3 aromatic rings. The highest BCUT2D eigenvalue weighted by molar-refractivity contribution is 7.98. The van der Waals surface area contributed by atoms with Gasteiger partial charge in [0.15, 0.2) is 5.16 Å². The summed E-state index contributed by atoms with van der Waals surface area (Å²) < 4.78 is 0. The second kappa shape index (κ2) is 11.1. The molecule has 2 aliphatic rings. The molecule has 0 N–H and O–H groups in total. The lowest BCUT2D eigenvalue weighted by Gasteiger charge is -2.37. The molecule has 0 aliphatic carbocycles. The van der Waals surface area contributed by atoms with Crippen molar-refractivity contribution in [2.45, 2.75) is 37.6 Å². The molecule has 1 aromatic heterocycles. The zero-order chi connectivity index (χ0) is 25.1. The number of anilines is 2. The van der Waals surface area contributed by atoms with Crippen LogP contribution in [0.15, 0.2) is 53.7 Å². The van der Waals surface area contributed by atoms with Gasteiger partial charge in [-0.2, -0.15) is 0 Å². The average Bonchev–Trinajstić information content (AvgIpc) is 3.45. The third-order valence-corrected chi connectivity index (χ3v) is 8.29. The number of aryl methyl sites for hydroxylation is 1. The molecule has 6 nitrogen and oxygen atoms in total. The molecule has 0 atom stereocenters. The first-order valence-corrected chi connectivity index (χ1v) is 14.0. The maximum absolute atomic E-state index is 12.8. The van der Waals surface area contributed by atoms with E-state index >= 15 is 0 Å². The maximum Gasteiger partial charge on any atom is 0.253 e. The number of hydrogen-bond acceptors (Lipinski definition) is 6. The first-order chi connectivity index (χ1) is 17.5. The van der Waals surface area contributed by atoms with Gasteiger partial charge < -0.3 is 14.7 Å². The van der Waals surface area contributed by atoms with Crippen molar-refractivity contribution in [1.82, 2.24) is 14.9 Å². The van der Waals surface area contributed by atoms with Crippen molar-refractivity contribution in [3.63, 3.8) is 0 Å². The van der Waals surface area contributed by atoms with E-state index in [1.807, 2.05) is 41.3 Å². The van der Waals surface area contributed by atoms with Crippen molar-refractivity contribution in [3.8, 4) is 0 Å². The summed E-state index contributed by atoms with van der Waals surface area (Å²) in [6.07, 6.45) is 2.20. The minimum absolute atomic E-state index is 0.139. The fourth-order valence-corrected chi connectivity index (χ4v) is 5.96. The second-order valence-electron chi connectivity index (χ2n) is 9.45. The fraction of sp³-hybridized carbons (Fsp3) is 0.393. The van der Waals surface area contributed by atoms with Gasteiger partial charge in [0.05, 0.1) is 10.7 Å². The van der Waals surface area contributed by atoms with Crippen LogP contribution < -0.4 is 9.80 Å². The van der Waals surface area contributed by atoms with Crippen molar-refractivity contribution < 1.29 is 4.79 Å². The van der Waals surface area contributed by atoms with Crippen LogP contribution in [0.1, 0.15) is 40.0 Å². The van der Waals surface area contributed by atoms with Crippen LogP contribution in [0.3, 0.4) is 0 Å². The van der Waals surface area contributed by atoms with Crippen LogP contribution in [0.5, 0.6) is 0 Å². The summed E-state index contributed by atoms with van der Waals surface area (Å²) in [6, 6.07) is 16.0. The molecule has 2 aromatic carbocycles. The van der Waals surface area contributed by atoms with Gasteiger partial charge in [-0.3, -0.25) is 4.79 Å². The number of para-hydroxylation sites is 1. The summed E-state index contributed by atoms with van der Waals surface area (Å²) >= 11 is 8.05. The Morgan fingerprint density at radius 1 is 0.917 bits per heavy atom. The van der Waals surface area contributed by atoms with E-state index < -0.39 is 0 Å². The highest BCUT2D eigenvalue weighted by atomic mass is 35.5. The smallest absolute Gasteiger partial charge is 0.253 e. The number of thioether (sulfide) groups is 1. The van der Waals surface area contributed by atoms with Crippen LogP contribution in [0.4, 0.5) is 11.5 Å². The Labute approximate surface area is 222 Å². The average molecular weight is 522 g/mol. The Morgan fingerprint density at radius 3 is 2.39 bits per heavy atom. The molecule has 2 fully saturated rings. The number of rotatable bonds is 6. The van der Waals surface area contributed by atoms with Crippen LogP contribution in [0, 0.1) is 13.8 Å². The molecule has 8 heteroatoms. The largest absolute Gasteiger partial charge is 0.367 e. The first kappa shape index (κ1) is 24.9. The number of aromatic nitrogens is 2. The normalized spacial score (nSPS) is 16.0. The van der Waals surface area contributed by atoms with E-state index in [4.69, 9.17) is 21.6 Å². The van der Waals surface area contributed by atoms with Gasteiger partial charge in [-0.25, -0.2) is 9.97 Å². The number of nitrogens with zero attached hydrogens (tertiary/aromatic N) is 5. The molecule has 0 radical (unpaired) electrons. The van der Waals surface area contributed by atoms with E-state index in [0.29, 0.717) is 0 Å². The van der Waals surface area contributed by atoms with Gasteiger partial charge in [-0.15, -0.1) is 0 Å². The molecule has 2 aliphatic heterocycles. The summed E-state index contributed by atoms with van der Waals surface area (Å²) in [5.41, 5.74) is 5.11. The van der Waals surface area contributed by atoms with Crippen LogP contribution in [0.2, 0.25) is 5.02 Å². The van der Waals surface area contributed by atoms with E-state index in [2.05, 4.69) is 35.8 Å². The van der Waals surface area contributed by atoms with Gasteiger partial charge in [0.25, 0.3) is 5.91 Å². The lowest BCUT2D eigenvalue weighted by molar-refractivity contribution is 0.0792. The number of piperazine rings is 1. The molecule has 188 valence electrons. The Hall–Kier alpha value is -2.77. The highest BCUT2D eigenvalue weighted by Crippen LogP contribution is 2.30. The SMILES string of the molecule is Cc1nc(SCc2cccc(C(=O)N3CCCC3)c2)nc(N2CCN(c3ccccc3Cl)CC2)c1C. The highest BCUT2D eigenvalue weighted by Gasteiger charge is 2.23. The summed E-state index contributed by atoms with van der Waals surface area (Å²) in [5.74, 6) is 1.88. The minimum atomic E-state index is 0.139. The van der Waals surface area contributed by atoms with Gasteiger partial charge in [0, 0.05) is 61.8 Å². The lowest BCUT2D eigenvalue weighted by Crippen LogP contribution is -2.47. The van der Waals surface area contributed by atoms with Crippen molar-refractivity contribution in [2.24, 2.45) is 0 Å². The van der Waals surface area contributed by atoms with E-state index in [-0.39, 0.29) is 5.91 Å². The summed E-state index contributed by atoms with van der Waals surface area (Å²) in [7, 11) is 0. The third kappa shape index (κ3) is 5.47. The van der Waals surface area contributed by atoms with Crippen LogP contribution >= 0.6 is 23.4 Å². The Kier molecular flexibility index (Phi) is 7.67. The first-order valence-electron chi connectivity index (χ1n) is 12.6. The zero-order valence-electron chi connectivity index (χ0n) is 20.9. The Balaban J connectivity index is 1.26. The van der Waals surface area contributed by atoms with Gasteiger partial charge >= 0.3 is 0 Å². The van der Waals surface area contributed by atoms with E-state index in [1.165, 1.54) is 0 Å². The maximum atomic E-state index is 12.8. The monoisotopic (exact) mass is 521 g/mol. The quantitative estimate of drug-likeness (QED) is 0.311. The zero-order valence-corrected chi connectivity index (χ0v) is 22.5. The van der Waals surface area contributed by atoms with E-state index in [0.717, 1.165) is 102 Å². The third-order valence-electron chi connectivity index (χ3n) is 7.05. The number of amides is 1. The molecule has 1 amide bonds. The topological polar surface area (TPSA) is 52.6 Å². The van der Waals surface area contributed by atoms with Gasteiger partial charge in [0.2, 0.25) is 0 Å². The second-order valence-corrected chi connectivity index (χ2v) is 10.8. The molecule has 2 saturated heterocycles. The number of benzene rings is 2. The number of carbonyl (C=O) groups is 1. The number of likely N-dealkylation sites (tertiary alicyclic amines) is 1.